The molecule has 1 aliphatic heterocycles. The summed E-state index contributed by atoms with van der Waals surface area (Å²) in [5.74, 6) is 0. The first-order valence-corrected chi connectivity index (χ1v) is 8.80. The van der Waals surface area contributed by atoms with Crippen LogP contribution in [0.3, 0.4) is 0 Å². The topological polar surface area (TPSA) is 34.1 Å². The van der Waals surface area contributed by atoms with Gasteiger partial charge < -0.3 is 10.1 Å². The molecule has 1 aliphatic carbocycles. The van der Waals surface area contributed by atoms with Gasteiger partial charge in [0.1, 0.15) is 0 Å². The quantitative estimate of drug-likeness (QED) is 0.919. The number of hydrogen-bond donors (Lipinski definition) is 1. The third kappa shape index (κ3) is 3.12. The Kier molecular flexibility index (Phi) is 3.69. The number of aromatic nitrogens is 1. The molecule has 0 bridgehead atoms. The van der Waals surface area contributed by atoms with Crippen molar-refractivity contribution in [3.05, 3.63) is 29.3 Å². The average molecular weight is 302 g/mol. The Bertz CT molecular complexity index is 581. The number of para-hydroxylation sites is 1. The molecule has 2 aromatic rings. The Balaban J connectivity index is 1.54. The van der Waals surface area contributed by atoms with E-state index in [2.05, 4.69) is 29.6 Å². The Morgan fingerprint density at radius 3 is 2.81 bits per heavy atom. The van der Waals surface area contributed by atoms with Crippen LogP contribution >= 0.6 is 11.3 Å². The number of benzene rings is 1. The van der Waals surface area contributed by atoms with Gasteiger partial charge in [0.05, 0.1) is 15.2 Å². The zero-order chi connectivity index (χ0) is 14.1. The molecule has 0 spiro atoms. The molecule has 1 N–H and O–H groups in total. The molecule has 0 amide bonds. The van der Waals surface area contributed by atoms with Gasteiger partial charge in [-0.1, -0.05) is 12.1 Å². The van der Waals surface area contributed by atoms with E-state index >= 15 is 0 Å². The molecule has 21 heavy (non-hydrogen) atoms. The number of nitrogens with one attached hydrogen (secondary N) is 1. The van der Waals surface area contributed by atoms with E-state index in [9.17, 15) is 0 Å². The molecule has 1 saturated carbocycles. The molecule has 2 fully saturated rings. The highest BCUT2D eigenvalue weighted by Gasteiger charge is 2.35. The molecule has 4 rings (SSSR count). The summed E-state index contributed by atoms with van der Waals surface area (Å²) in [5, 5.41) is 5.03. The van der Waals surface area contributed by atoms with Crippen LogP contribution in [0, 0.1) is 5.41 Å². The lowest BCUT2D eigenvalue weighted by atomic mass is 9.77. The lowest BCUT2D eigenvalue weighted by molar-refractivity contribution is 0.0147. The van der Waals surface area contributed by atoms with Gasteiger partial charge in [-0.05, 0) is 43.2 Å². The molecule has 1 aromatic heterocycles. The van der Waals surface area contributed by atoms with E-state index < -0.39 is 0 Å². The lowest BCUT2D eigenvalue weighted by Crippen LogP contribution is -2.41. The van der Waals surface area contributed by atoms with Gasteiger partial charge in [0, 0.05) is 32.2 Å². The van der Waals surface area contributed by atoms with Crippen molar-refractivity contribution in [3.8, 4) is 0 Å². The van der Waals surface area contributed by atoms with Gasteiger partial charge in [-0.2, -0.15) is 0 Å². The normalized spacial score (nSPS) is 21.7. The van der Waals surface area contributed by atoms with E-state index in [1.165, 1.54) is 22.5 Å². The van der Waals surface area contributed by atoms with E-state index in [1.54, 1.807) is 0 Å². The van der Waals surface area contributed by atoms with E-state index in [4.69, 9.17) is 9.72 Å². The van der Waals surface area contributed by atoms with Crippen molar-refractivity contribution in [2.24, 2.45) is 5.41 Å². The van der Waals surface area contributed by atoms with Crippen LogP contribution in [-0.4, -0.2) is 30.8 Å². The molecule has 4 heteroatoms. The monoisotopic (exact) mass is 302 g/mol. The predicted octanol–water partition coefficient (Wildman–Crippen LogP) is 3.39. The highest BCUT2D eigenvalue weighted by Crippen LogP contribution is 2.37. The molecule has 1 aromatic carbocycles. The zero-order valence-electron chi connectivity index (χ0n) is 12.3. The summed E-state index contributed by atoms with van der Waals surface area (Å²) in [6.07, 6.45) is 6.11. The lowest BCUT2D eigenvalue weighted by Gasteiger charge is -2.37. The van der Waals surface area contributed by atoms with Crippen molar-refractivity contribution in [1.82, 2.24) is 10.3 Å². The largest absolute Gasteiger partial charge is 0.381 e. The summed E-state index contributed by atoms with van der Waals surface area (Å²) >= 11 is 1.86. The molecule has 112 valence electrons. The van der Waals surface area contributed by atoms with Crippen LogP contribution in [0.1, 0.15) is 30.7 Å². The SMILES string of the molecule is c1ccc2sc(CC3(CNC4CC4)CCOCC3)nc2c1. The molecule has 2 aliphatic rings. The highest BCUT2D eigenvalue weighted by molar-refractivity contribution is 7.18. The fourth-order valence-corrected chi connectivity index (χ4v) is 4.33. The van der Waals surface area contributed by atoms with Crippen LogP contribution in [0.2, 0.25) is 0 Å². The summed E-state index contributed by atoms with van der Waals surface area (Å²) in [4.78, 5) is 4.84. The van der Waals surface area contributed by atoms with E-state index in [1.807, 2.05) is 11.3 Å². The third-order valence-corrected chi connectivity index (χ3v) is 5.80. The fraction of sp³-hybridized carbons (Fsp3) is 0.588. The van der Waals surface area contributed by atoms with E-state index in [-0.39, 0.29) is 0 Å². The van der Waals surface area contributed by atoms with Gasteiger partial charge in [-0.3, -0.25) is 0 Å². The number of ether oxygens (including phenoxy) is 1. The van der Waals surface area contributed by atoms with Gasteiger partial charge in [0.25, 0.3) is 0 Å². The maximum Gasteiger partial charge on any atom is 0.0944 e. The second kappa shape index (κ2) is 5.67. The molecule has 1 saturated heterocycles. The molecular formula is C17H22N2OS. The van der Waals surface area contributed by atoms with Crippen LogP contribution in [0.15, 0.2) is 24.3 Å². The van der Waals surface area contributed by atoms with E-state index in [0.29, 0.717) is 5.41 Å². The minimum atomic E-state index is 0.342. The molecule has 2 heterocycles. The summed E-state index contributed by atoms with van der Waals surface area (Å²) < 4.78 is 6.91. The minimum Gasteiger partial charge on any atom is -0.381 e. The summed E-state index contributed by atoms with van der Waals surface area (Å²) in [6, 6.07) is 9.25. The summed E-state index contributed by atoms with van der Waals surface area (Å²) in [7, 11) is 0. The second-order valence-electron chi connectivity index (χ2n) is 6.52. The van der Waals surface area contributed by atoms with Crippen molar-refractivity contribution >= 4 is 21.6 Å². The van der Waals surface area contributed by atoms with Crippen molar-refractivity contribution in [2.75, 3.05) is 19.8 Å². The van der Waals surface area contributed by atoms with Gasteiger partial charge in [-0.25, -0.2) is 4.98 Å². The summed E-state index contributed by atoms with van der Waals surface area (Å²) in [6.45, 7) is 2.92. The van der Waals surface area contributed by atoms with Crippen molar-refractivity contribution < 1.29 is 4.74 Å². The number of fused-ring (bicyclic) bond motifs is 1. The molecule has 0 radical (unpaired) electrons. The molecule has 3 nitrogen and oxygen atoms in total. The van der Waals surface area contributed by atoms with Gasteiger partial charge in [0.15, 0.2) is 0 Å². The highest BCUT2D eigenvalue weighted by atomic mass is 32.1. The zero-order valence-corrected chi connectivity index (χ0v) is 13.1. The van der Waals surface area contributed by atoms with Crippen molar-refractivity contribution in [1.29, 1.82) is 0 Å². The Morgan fingerprint density at radius 1 is 1.24 bits per heavy atom. The second-order valence-corrected chi connectivity index (χ2v) is 7.63. The van der Waals surface area contributed by atoms with Crippen LogP contribution < -0.4 is 5.32 Å². The Labute approximate surface area is 129 Å². The summed E-state index contributed by atoms with van der Waals surface area (Å²) in [5.41, 5.74) is 1.49. The smallest absolute Gasteiger partial charge is 0.0944 e. The van der Waals surface area contributed by atoms with Gasteiger partial charge in [0.2, 0.25) is 0 Å². The van der Waals surface area contributed by atoms with Crippen molar-refractivity contribution in [2.45, 2.75) is 38.1 Å². The first kappa shape index (κ1) is 13.7. The number of thiazole rings is 1. The van der Waals surface area contributed by atoms with Crippen LogP contribution in [0.25, 0.3) is 10.2 Å². The number of nitrogens with zero attached hydrogens (tertiary/aromatic N) is 1. The molecule has 0 unspecified atom stereocenters. The van der Waals surface area contributed by atoms with Crippen LogP contribution in [0.5, 0.6) is 0 Å². The first-order valence-electron chi connectivity index (χ1n) is 7.99. The standard InChI is InChI=1S/C17H22N2OS/c1-2-4-15-14(3-1)19-16(21-15)11-17(7-9-20-10-8-17)12-18-13-5-6-13/h1-4,13,18H,5-12H2. The first-order chi connectivity index (χ1) is 10.3. The average Bonchev–Trinajstić information content (AvgIpc) is 3.25. The Hall–Kier alpha value is -0.970. The predicted molar refractivity (Wildman–Crippen MR) is 86.8 cm³/mol. The van der Waals surface area contributed by atoms with Gasteiger partial charge in [-0.15, -0.1) is 11.3 Å². The minimum absolute atomic E-state index is 0.342. The number of hydrogen-bond acceptors (Lipinski definition) is 4. The van der Waals surface area contributed by atoms with E-state index in [0.717, 1.165) is 50.6 Å². The van der Waals surface area contributed by atoms with Crippen LogP contribution in [0.4, 0.5) is 0 Å². The fourth-order valence-electron chi connectivity index (χ4n) is 3.19. The molecule has 0 atom stereocenters. The van der Waals surface area contributed by atoms with Gasteiger partial charge >= 0.3 is 0 Å². The maximum atomic E-state index is 5.60. The third-order valence-electron chi connectivity index (χ3n) is 4.76. The molecular weight excluding hydrogens is 280 g/mol. The van der Waals surface area contributed by atoms with Crippen molar-refractivity contribution in [3.63, 3.8) is 0 Å². The maximum absolute atomic E-state index is 5.60. The Morgan fingerprint density at radius 2 is 2.05 bits per heavy atom. The number of rotatable bonds is 5. The van der Waals surface area contributed by atoms with Crippen LogP contribution in [-0.2, 0) is 11.2 Å².